The number of carbonyl (C=O) groups is 2. The van der Waals surface area contributed by atoms with Crippen molar-refractivity contribution in [3.63, 3.8) is 0 Å². The van der Waals surface area contributed by atoms with Gasteiger partial charge in [-0.2, -0.15) is 0 Å². The third-order valence-electron chi connectivity index (χ3n) is 4.18. The van der Waals surface area contributed by atoms with Gasteiger partial charge in [0.1, 0.15) is 0 Å². The number of carbonyl (C=O) groups excluding carboxylic acids is 2. The van der Waals surface area contributed by atoms with Crippen LogP contribution in [-0.4, -0.2) is 36.7 Å². The van der Waals surface area contributed by atoms with Crippen molar-refractivity contribution in [1.82, 2.24) is 19.7 Å². The molecule has 0 aliphatic carbocycles. The van der Waals surface area contributed by atoms with E-state index in [1.54, 1.807) is 36.7 Å². The topological polar surface area (TPSA) is 89.8 Å². The van der Waals surface area contributed by atoms with Crippen molar-refractivity contribution in [2.24, 2.45) is 0 Å². The first-order valence-electron chi connectivity index (χ1n) is 8.91. The van der Waals surface area contributed by atoms with Crippen LogP contribution in [0.1, 0.15) is 31.1 Å². The van der Waals surface area contributed by atoms with Gasteiger partial charge in [0.25, 0.3) is 0 Å². The fraction of sp³-hybridized carbons (Fsp3) is 0.250. The molecule has 28 heavy (non-hydrogen) atoms. The zero-order valence-corrected chi connectivity index (χ0v) is 16.7. The maximum atomic E-state index is 12.5. The monoisotopic (exact) mass is 395 g/mol. The molecule has 0 aliphatic heterocycles. The van der Waals surface area contributed by atoms with Crippen molar-refractivity contribution in [3.8, 4) is 11.4 Å². The number of benzene rings is 1. The van der Waals surface area contributed by atoms with Crippen LogP contribution in [-0.2, 0) is 11.3 Å². The largest absolute Gasteiger partial charge is 0.325 e. The van der Waals surface area contributed by atoms with Gasteiger partial charge in [0.2, 0.25) is 5.91 Å². The van der Waals surface area contributed by atoms with Crippen molar-refractivity contribution in [3.05, 3.63) is 54.4 Å². The summed E-state index contributed by atoms with van der Waals surface area (Å²) in [5.41, 5.74) is 2.19. The van der Waals surface area contributed by atoms with Gasteiger partial charge in [-0.05, 0) is 57.2 Å². The van der Waals surface area contributed by atoms with Gasteiger partial charge < -0.3 is 9.88 Å². The predicted molar refractivity (Wildman–Crippen MR) is 109 cm³/mol. The molecular formula is C20H21N5O2S. The Morgan fingerprint density at radius 2 is 1.79 bits per heavy atom. The van der Waals surface area contributed by atoms with Gasteiger partial charge in [-0.15, -0.1) is 10.2 Å². The third kappa shape index (κ3) is 4.45. The van der Waals surface area contributed by atoms with Gasteiger partial charge in [0, 0.05) is 35.8 Å². The van der Waals surface area contributed by atoms with E-state index in [1.165, 1.54) is 18.7 Å². The summed E-state index contributed by atoms with van der Waals surface area (Å²) >= 11 is 1.35. The molecule has 1 unspecified atom stereocenters. The van der Waals surface area contributed by atoms with Crippen LogP contribution in [0, 0.1) is 0 Å². The van der Waals surface area contributed by atoms with Gasteiger partial charge in [-0.1, -0.05) is 11.8 Å². The minimum Gasteiger partial charge on any atom is -0.325 e. The standard InChI is InChI=1S/C20H21N5O2S/c1-4-25-18(16-9-11-21-12-10-16)23-24-20(25)28-14(3)19(27)22-17-7-5-15(6-8-17)13(2)26/h5-12,14H,4H2,1-3H3,(H,22,27). The van der Waals surface area contributed by atoms with E-state index in [0.29, 0.717) is 23.0 Å². The highest BCUT2D eigenvalue weighted by Crippen LogP contribution is 2.27. The van der Waals surface area contributed by atoms with E-state index in [2.05, 4.69) is 20.5 Å². The Kier molecular flexibility index (Phi) is 6.20. The molecule has 1 aromatic carbocycles. The molecule has 3 aromatic rings. The lowest BCUT2D eigenvalue weighted by atomic mass is 10.1. The Balaban J connectivity index is 1.70. The van der Waals surface area contributed by atoms with E-state index >= 15 is 0 Å². The highest BCUT2D eigenvalue weighted by atomic mass is 32.2. The van der Waals surface area contributed by atoms with Crippen LogP contribution < -0.4 is 5.32 Å². The number of ketones is 1. The molecule has 1 amide bonds. The Bertz CT molecular complexity index is 970. The number of aromatic nitrogens is 4. The molecule has 0 radical (unpaired) electrons. The molecule has 144 valence electrons. The summed E-state index contributed by atoms with van der Waals surface area (Å²) in [5.74, 6) is 0.599. The molecule has 0 saturated carbocycles. The molecule has 0 aliphatic rings. The molecule has 2 aromatic heterocycles. The van der Waals surface area contributed by atoms with E-state index < -0.39 is 0 Å². The minimum absolute atomic E-state index is 0.00861. The molecule has 0 spiro atoms. The van der Waals surface area contributed by atoms with Gasteiger partial charge in [-0.25, -0.2) is 0 Å². The molecule has 0 bridgehead atoms. The number of amides is 1. The van der Waals surface area contributed by atoms with Crippen molar-refractivity contribution in [2.45, 2.75) is 37.7 Å². The molecule has 0 saturated heterocycles. The predicted octanol–water partition coefficient (Wildman–Crippen LogP) is 3.68. The summed E-state index contributed by atoms with van der Waals surface area (Å²) in [5, 5.41) is 11.7. The fourth-order valence-corrected chi connectivity index (χ4v) is 3.53. The second kappa shape index (κ2) is 8.79. The van der Waals surface area contributed by atoms with Crippen LogP contribution >= 0.6 is 11.8 Å². The van der Waals surface area contributed by atoms with Gasteiger partial charge in [0.15, 0.2) is 16.8 Å². The van der Waals surface area contributed by atoms with Crippen LogP contribution in [0.4, 0.5) is 5.69 Å². The van der Waals surface area contributed by atoms with Gasteiger partial charge in [0.05, 0.1) is 5.25 Å². The number of anilines is 1. The van der Waals surface area contributed by atoms with Crippen LogP contribution in [0.15, 0.2) is 53.9 Å². The Morgan fingerprint density at radius 3 is 2.39 bits per heavy atom. The van der Waals surface area contributed by atoms with Crippen LogP contribution in [0.3, 0.4) is 0 Å². The number of Topliss-reactive ketones (excluding diaryl/α,β-unsaturated/α-hetero) is 1. The lowest BCUT2D eigenvalue weighted by Crippen LogP contribution is -2.23. The summed E-state index contributed by atoms with van der Waals surface area (Å²) in [4.78, 5) is 27.9. The second-order valence-electron chi connectivity index (χ2n) is 6.17. The zero-order valence-electron chi connectivity index (χ0n) is 15.9. The zero-order chi connectivity index (χ0) is 20.1. The maximum absolute atomic E-state index is 12.5. The first-order chi connectivity index (χ1) is 13.5. The number of nitrogens with one attached hydrogen (secondary N) is 1. The van der Waals surface area contributed by atoms with Crippen molar-refractivity contribution in [2.75, 3.05) is 5.32 Å². The first kappa shape index (κ1) is 19.8. The number of hydrogen-bond donors (Lipinski definition) is 1. The normalized spacial score (nSPS) is 11.8. The molecule has 3 rings (SSSR count). The minimum atomic E-state index is -0.368. The summed E-state index contributed by atoms with van der Waals surface area (Å²) in [6, 6.07) is 10.6. The van der Waals surface area contributed by atoms with Crippen molar-refractivity contribution < 1.29 is 9.59 Å². The lowest BCUT2D eigenvalue weighted by molar-refractivity contribution is -0.115. The Labute approximate surface area is 167 Å². The molecule has 7 nitrogen and oxygen atoms in total. The SMILES string of the molecule is CCn1c(SC(C)C(=O)Nc2ccc(C(C)=O)cc2)nnc1-c1ccncc1. The summed E-state index contributed by atoms with van der Waals surface area (Å²) in [6.07, 6.45) is 3.43. The lowest BCUT2D eigenvalue weighted by Gasteiger charge is -2.13. The van der Waals surface area contributed by atoms with E-state index in [1.807, 2.05) is 30.5 Å². The average Bonchev–Trinajstić information content (AvgIpc) is 3.11. The number of thioether (sulfide) groups is 1. The fourth-order valence-electron chi connectivity index (χ4n) is 2.62. The number of rotatable bonds is 7. The second-order valence-corrected chi connectivity index (χ2v) is 7.48. The molecular weight excluding hydrogens is 374 g/mol. The number of hydrogen-bond acceptors (Lipinski definition) is 6. The molecule has 8 heteroatoms. The summed E-state index contributed by atoms with van der Waals surface area (Å²) in [6.45, 7) is 6.04. The van der Waals surface area contributed by atoms with Crippen molar-refractivity contribution >= 4 is 29.1 Å². The smallest absolute Gasteiger partial charge is 0.237 e. The van der Waals surface area contributed by atoms with E-state index in [9.17, 15) is 9.59 Å². The van der Waals surface area contributed by atoms with E-state index in [0.717, 1.165) is 11.4 Å². The quantitative estimate of drug-likeness (QED) is 0.485. The molecule has 1 N–H and O–H groups in total. The summed E-state index contributed by atoms with van der Waals surface area (Å²) in [7, 11) is 0. The first-order valence-corrected chi connectivity index (χ1v) is 9.79. The Morgan fingerprint density at radius 1 is 1.11 bits per heavy atom. The summed E-state index contributed by atoms with van der Waals surface area (Å²) < 4.78 is 1.98. The maximum Gasteiger partial charge on any atom is 0.237 e. The van der Waals surface area contributed by atoms with Crippen LogP contribution in [0.2, 0.25) is 0 Å². The number of pyridine rings is 1. The van der Waals surface area contributed by atoms with E-state index in [-0.39, 0.29) is 16.9 Å². The highest BCUT2D eigenvalue weighted by molar-refractivity contribution is 8.00. The average molecular weight is 395 g/mol. The van der Waals surface area contributed by atoms with Gasteiger partial charge in [-0.3, -0.25) is 14.6 Å². The van der Waals surface area contributed by atoms with E-state index in [4.69, 9.17) is 0 Å². The molecule has 2 heterocycles. The molecule has 0 fully saturated rings. The van der Waals surface area contributed by atoms with Crippen LogP contribution in [0.25, 0.3) is 11.4 Å². The highest BCUT2D eigenvalue weighted by Gasteiger charge is 2.20. The van der Waals surface area contributed by atoms with Crippen molar-refractivity contribution in [1.29, 1.82) is 0 Å². The van der Waals surface area contributed by atoms with Gasteiger partial charge >= 0.3 is 0 Å². The van der Waals surface area contributed by atoms with Crippen LogP contribution in [0.5, 0.6) is 0 Å². The third-order valence-corrected chi connectivity index (χ3v) is 5.26. The number of nitrogens with zero attached hydrogens (tertiary/aromatic N) is 4. The Hall–Kier alpha value is -3.00. The molecule has 1 atom stereocenters.